The Balaban J connectivity index is 2.18. The zero-order chi connectivity index (χ0) is 13.0. The van der Waals surface area contributed by atoms with Crippen molar-refractivity contribution in [3.63, 3.8) is 0 Å². The van der Waals surface area contributed by atoms with Crippen LogP contribution in [0.25, 0.3) is 0 Å². The van der Waals surface area contributed by atoms with Crippen molar-refractivity contribution in [3.05, 3.63) is 58.3 Å². The van der Waals surface area contributed by atoms with E-state index < -0.39 is 0 Å². The highest BCUT2D eigenvalue weighted by molar-refractivity contribution is 9.10. The Morgan fingerprint density at radius 3 is 2.61 bits per heavy atom. The van der Waals surface area contributed by atoms with Crippen molar-refractivity contribution in [2.45, 2.75) is 13.0 Å². The molecule has 1 atom stereocenters. The van der Waals surface area contributed by atoms with Crippen molar-refractivity contribution in [2.24, 2.45) is 5.73 Å². The van der Waals surface area contributed by atoms with E-state index in [2.05, 4.69) is 20.9 Å². The summed E-state index contributed by atoms with van der Waals surface area (Å²) >= 11 is 3.47. The third-order valence-corrected chi connectivity index (χ3v) is 3.59. The molecule has 0 aliphatic carbocycles. The molecule has 1 heterocycles. The number of aromatic nitrogens is 1. The summed E-state index contributed by atoms with van der Waals surface area (Å²) in [5, 5.41) is 0. The molecule has 0 saturated carbocycles. The molecule has 4 heteroatoms. The molecule has 0 aliphatic heterocycles. The van der Waals surface area contributed by atoms with Crippen LogP contribution in [0, 0.1) is 6.92 Å². The number of benzene rings is 1. The van der Waals surface area contributed by atoms with Gasteiger partial charge in [0.05, 0.1) is 0 Å². The number of halogens is 1. The van der Waals surface area contributed by atoms with E-state index in [-0.39, 0.29) is 6.10 Å². The van der Waals surface area contributed by atoms with Crippen LogP contribution in [0.3, 0.4) is 0 Å². The van der Waals surface area contributed by atoms with E-state index >= 15 is 0 Å². The molecule has 2 rings (SSSR count). The lowest BCUT2D eigenvalue weighted by Gasteiger charge is -2.18. The largest absolute Gasteiger partial charge is 0.484 e. The Hall–Kier alpha value is -1.39. The van der Waals surface area contributed by atoms with Crippen molar-refractivity contribution in [1.29, 1.82) is 0 Å². The summed E-state index contributed by atoms with van der Waals surface area (Å²) in [4.78, 5) is 3.99. The van der Waals surface area contributed by atoms with Gasteiger partial charge in [-0.15, -0.1) is 0 Å². The quantitative estimate of drug-likeness (QED) is 0.943. The average molecular weight is 307 g/mol. The topological polar surface area (TPSA) is 48.1 Å². The van der Waals surface area contributed by atoms with E-state index in [1.165, 1.54) is 0 Å². The number of rotatable bonds is 4. The molecular weight excluding hydrogens is 292 g/mol. The molecule has 1 unspecified atom stereocenters. The van der Waals surface area contributed by atoms with Crippen molar-refractivity contribution >= 4 is 15.9 Å². The molecule has 0 amide bonds. The molecule has 94 valence electrons. The van der Waals surface area contributed by atoms with Gasteiger partial charge in [-0.2, -0.15) is 0 Å². The Labute approximate surface area is 115 Å². The highest BCUT2D eigenvalue weighted by atomic mass is 79.9. The lowest BCUT2D eigenvalue weighted by Crippen LogP contribution is -2.18. The van der Waals surface area contributed by atoms with Crippen LogP contribution in [-0.2, 0) is 0 Å². The first-order valence-corrected chi connectivity index (χ1v) is 6.53. The van der Waals surface area contributed by atoms with E-state index in [0.29, 0.717) is 6.54 Å². The van der Waals surface area contributed by atoms with Crippen LogP contribution < -0.4 is 10.5 Å². The normalized spacial score (nSPS) is 12.2. The lowest BCUT2D eigenvalue weighted by molar-refractivity contribution is 0.214. The summed E-state index contributed by atoms with van der Waals surface area (Å²) in [7, 11) is 0. The molecule has 0 radical (unpaired) electrons. The molecule has 1 aromatic carbocycles. The predicted molar refractivity (Wildman–Crippen MR) is 75.5 cm³/mol. The second kappa shape index (κ2) is 5.98. The van der Waals surface area contributed by atoms with E-state index in [4.69, 9.17) is 10.5 Å². The summed E-state index contributed by atoms with van der Waals surface area (Å²) in [6.07, 6.45) is 3.34. The maximum Gasteiger partial charge on any atom is 0.136 e. The van der Waals surface area contributed by atoms with Gasteiger partial charge in [0.15, 0.2) is 0 Å². The van der Waals surface area contributed by atoms with Crippen LogP contribution in [0.4, 0.5) is 0 Å². The molecule has 3 nitrogen and oxygen atoms in total. The van der Waals surface area contributed by atoms with Gasteiger partial charge in [-0.3, -0.25) is 4.98 Å². The maximum atomic E-state index is 5.91. The monoisotopic (exact) mass is 306 g/mol. The van der Waals surface area contributed by atoms with E-state index in [9.17, 15) is 0 Å². The van der Waals surface area contributed by atoms with Crippen LogP contribution in [0.15, 0.2) is 47.2 Å². The van der Waals surface area contributed by atoms with E-state index in [1.54, 1.807) is 12.4 Å². The zero-order valence-electron chi connectivity index (χ0n) is 10.1. The smallest absolute Gasteiger partial charge is 0.136 e. The van der Waals surface area contributed by atoms with Gasteiger partial charge in [0.2, 0.25) is 0 Å². The fraction of sp³-hybridized carbons (Fsp3) is 0.214. The molecule has 1 aromatic heterocycles. The van der Waals surface area contributed by atoms with Crippen molar-refractivity contribution in [3.8, 4) is 5.75 Å². The van der Waals surface area contributed by atoms with Crippen LogP contribution in [0.5, 0.6) is 5.75 Å². The third kappa shape index (κ3) is 3.09. The van der Waals surface area contributed by atoms with Gasteiger partial charge in [0.25, 0.3) is 0 Å². The zero-order valence-corrected chi connectivity index (χ0v) is 11.7. The minimum absolute atomic E-state index is 0.145. The number of nitrogens with two attached hydrogens (primary N) is 1. The van der Waals surface area contributed by atoms with Gasteiger partial charge >= 0.3 is 0 Å². The van der Waals surface area contributed by atoms with Gasteiger partial charge in [-0.1, -0.05) is 15.9 Å². The average Bonchev–Trinajstić information content (AvgIpc) is 2.41. The summed E-state index contributed by atoms with van der Waals surface area (Å²) in [6.45, 7) is 2.46. The number of hydrogen-bond acceptors (Lipinski definition) is 3. The summed E-state index contributed by atoms with van der Waals surface area (Å²) in [6, 6.07) is 9.74. The number of hydrogen-bond donors (Lipinski definition) is 1. The predicted octanol–water partition coefficient (Wildman–Crippen LogP) is 3.23. The highest BCUT2D eigenvalue weighted by Gasteiger charge is 2.11. The SMILES string of the molecule is Cc1cc(OC(CN)c2ccncc2)ccc1Br. The third-order valence-electron chi connectivity index (χ3n) is 2.70. The number of pyridine rings is 1. The first kappa shape index (κ1) is 13.1. The maximum absolute atomic E-state index is 5.91. The highest BCUT2D eigenvalue weighted by Crippen LogP contribution is 2.25. The second-order valence-electron chi connectivity index (χ2n) is 4.03. The van der Waals surface area contributed by atoms with Crippen LogP contribution >= 0.6 is 15.9 Å². The van der Waals surface area contributed by atoms with Gasteiger partial charge < -0.3 is 10.5 Å². The summed E-state index contributed by atoms with van der Waals surface area (Å²) in [5.74, 6) is 0.822. The van der Waals surface area contributed by atoms with E-state index in [1.807, 2.05) is 37.3 Å². The Morgan fingerprint density at radius 2 is 2.00 bits per heavy atom. The standard InChI is InChI=1S/C14H15BrN2O/c1-10-8-12(2-3-13(10)15)18-14(9-16)11-4-6-17-7-5-11/h2-8,14H,9,16H2,1H3. The summed E-state index contributed by atoms with van der Waals surface area (Å²) < 4.78 is 6.98. The Kier molecular flexibility index (Phi) is 4.33. The minimum atomic E-state index is -0.145. The Bertz CT molecular complexity index is 516. The van der Waals surface area contributed by atoms with Crippen LogP contribution in [0.1, 0.15) is 17.2 Å². The number of aryl methyl sites for hydroxylation is 1. The molecule has 0 bridgehead atoms. The van der Waals surface area contributed by atoms with Gasteiger partial charge in [-0.05, 0) is 48.4 Å². The van der Waals surface area contributed by atoms with E-state index in [0.717, 1.165) is 21.3 Å². The molecule has 18 heavy (non-hydrogen) atoms. The van der Waals surface area contributed by atoms with Gasteiger partial charge in [0, 0.05) is 23.4 Å². The van der Waals surface area contributed by atoms with Gasteiger partial charge in [-0.25, -0.2) is 0 Å². The van der Waals surface area contributed by atoms with Crippen molar-refractivity contribution in [2.75, 3.05) is 6.54 Å². The fourth-order valence-corrected chi connectivity index (χ4v) is 1.93. The molecular formula is C14H15BrN2O. The van der Waals surface area contributed by atoms with Crippen molar-refractivity contribution < 1.29 is 4.74 Å². The minimum Gasteiger partial charge on any atom is -0.484 e. The number of nitrogens with zero attached hydrogens (tertiary/aromatic N) is 1. The molecule has 0 fully saturated rings. The molecule has 0 aliphatic rings. The molecule has 0 spiro atoms. The summed E-state index contributed by atoms with van der Waals surface area (Å²) in [5.41, 5.74) is 7.94. The molecule has 2 N–H and O–H groups in total. The Morgan fingerprint density at radius 1 is 1.28 bits per heavy atom. The second-order valence-corrected chi connectivity index (χ2v) is 4.89. The fourth-order valence-electron chi connectivity index (χ4n) is 1.69. The van der Waals surface area contributed by atoms with Crippen LogP contribution in [0.2, 0.25) is 0 Å². The lowest BCUT2D eigenvalue weighted by atomic mass is 10.1. The molecule has 0 saturated heterocycles. The van der Waals surface area contributed by atoms with Crippen molar-refractivity contribution in [1.82, 2.24) is 4.98 Å². The number of ether oxygens (including phenoxy) is 1. The van der Waals surface area contributed by atoms with Crippen LogP contribution in [-0.4, -0.2) is 11.5 Å². The first-order chi connectivity index (χ1) is 8.70. The first-order valence-electron chi connectivity index (χ1n) is 5.73. The van der Waals surface area contributed by atoms with Gasteiger partial charge in [0.1, 0.15) is 11.9 Å². The molecule has 2 aromatic rings.